The van der Waals surface area contributed by atoms with Gasteiger partial charge in [-0.15, -0.1) is 0 Å². The van der Waals surface area contributed by atoms with Crippen LogP contribution in [0.4, 0.5) is 5.69 Å². The van der Waals surface area contributed by atoms with E-state index in [9.17, 15) is 4.79 Å². The third kappa shape index (κ3) is 2.83. The third-order valence-electron chi connectivity index (χ3n) is 1.44. The van der Waals surface area contributed by atoms with E-state index in [1.807, 2.05) is 6.07 Å². The van der Waals surface area contributed by atoms with E-state index in [1.54, 1.807) is 24.3 Å². The second kappa shape index (κ2) is 4.12. The molecule has 0 saturated carbocycles. The van der Waals surface area contributed by atoms with Gasteiger partial charge in [0.05, 0.1) is 11.6 Å². The molecule has 0 amide bonds. The van der Waals surface area contributed by atoms with Crippen LogP contribution in [-0.4, -0.2) is 17.6 Å². The van der Waals surface area contributed by atoms with Gasteiger partial charge in [-0.1, -0.05) is 6.07 Å². The topological polar surface area (TPSA) is 73.1 Å². The van der Waals surface area contributed by atoms with Gasteiger partial charge in [0.15, 0.2) is 0 Å². The molecule has 0 unspecified atom stereocenters. The molecule has 0 radical (unpaired) electrons. The Kier molecular flexibility index (Phi) is 2.87. The summed E-state index contributed by atoms with van der Waals surface area (Å²) >= 11 is 0. The number of benzene rings is 1. The van der Waals surface area contributed by atoms with E-state index in [0.717, 1.165) is 0 Å². The van der Waals surface area contributed by atoms with E-state index < -0.39 is 5.97 Å². The van der Waals surface area contributed by atoms with Crippen LogP contribution < -0.4 is 5.32 Å². The molecule has 66 valence electrons. The van der Waals surface area contributed by atoms with E-state index in [0.29, 0.717) is 11.3 Å². The molecule has 0 aromatic heterocycles. The number of carbonyl (C=O) groups is 1. The first-order valence-corrected chi connectivity index (χ1v) is 3.68. The molecule has 1 rings (SSSR count). The molecule has 0 atom stereocenters. The Labute approximate surface area is 75.4 Å². The van der Waals surface area contributed by atoms with Crippen molar-refractivity contribution in [3.63, 3.8) is 0 Å². The monoisotopic (exact) mass is 176 g/mol. The number of rotatable bonds is 3. The predicted octanol–water partition coefficient (Wildman–Crippen LogP) is 1.05. The first-order chi connectivity index (χ1) is 6.22. The molecule has 4 nitrogen and oxygen atoms in total. The zero-order valence-electron chi connectivity index (χ0n) is 6.82. The maximum Gasteiger partial charge on any atom is 0.322 e. The Balaban J connectivity index is 2.68. The molecule has 0 aliphatic rings. The number of hydrogen-bond acceptors (Lipinski definition) is 3. The van der Waals surface area contributed by atoms with Gasteiger partial charge in [-0.3, -0.25) is 4.79 Å². The van der Waals surface area contributed by atoms with Crippen molar-refractivity contribution in [2.75, 3.05) is 11.9 Å². The first-order valence-electron chi connectivity index (χ1n) is 3.68. The van der Waals surface area contributed by atoms with Crippen molar-refractivity contribution in [2.45, 2.75) is 0 Å². The standard InChI is InChI=1S/C9H8N2O2/c10-5-7-2-1-3-8(4-7)11-6-9(12)13/h1-4,11H,6H2,(H,12,13). The second-order valence-electron chi connectivity index (χ2n) is 2.44. The number of carboxylic acid groups (broad SMARTS) is 1. The van der Waals surface area contributed by atoms with Crippen molar-refractivity contribution in [1.29, 1.82) is 5.26 Å². The average molecular weight is 176 g/mol. The Bertz CT molecular complexity index is 355. The maximum atomic E-state index is 10.2. The van der Waals surface area contributed by atoms with Crippen molar-refractivity contribution in [3.05, 3.63) is 29.8 Å². The van der Waals surface area contributed by atoms with E-state index in [2.05, 4.69) is 5.32 Å². The minimum atomic E-state index is -0.928. The van der Waals surface area contributed by atoms with Crippen molar-refractivity contribution in [3.8, 4) is 6.07 Å². The van der Waals surface area contributed by atoms with Gasteiger partial charge in [-0.25, -0.2) is 0 Å². The number of hydrogen-bond donors (Lipinski definition) is 2. The molecule has 4 heteroatoms. The van der Waals surface area contributed by atoms with Crippen LogP contribution in [0, 0.1) is 11.3 Å². The van der Waals surface area contributed by atoms with Gasteiger partial charge in [-0.2, -0.15) is 5.26 Å². The van der Waals surface area contributed by atoms with Crippen LogP contribution in [0.1, 0.15) is 5.56 Å². The third-order valence-corrected chi connectivity index (χ3v) is 1.44. The van der Waals surface area contributed by atoms with E-state index in [4.69, 9.17) is 10.4 Å². The summed E-state index contributed by atoms with van der Waals surface area (Å²) in [4.78, 5) is 10.2. The second-order valence-corrected chi connectivity index (χ2v) is 2.44. The summed E-state index contributed by atoms with van der Waals surface area (Å²) in [6.07, 6.45) is 0. The van der Waals surface area contributed by atoms with E-state index in [-0.39, 0.29) is 6.54 Å². The number of nitrogens with one attached hydrogen (secondary N) is 1. The van der Waals surface area contributed by atoms with Gasteiger partial charge >= 0.3 is 5.97 Å². The first kappa shape index (κ1) is 9.07. The summed E-state index contributed by atoms with van der Waals surface area (Å²) < 4.78 is 0. The number of aliphatic carboxylic acids is 1. The molecule has 2 N–H and O–H groups in total. The SMILES string of the molecule is N#Cc1cccc(NCC(=O)O)c1. The molecule has 0 aliphatic heterocycles. The number of nitrogens with zero attached hydrogens (tertiary/aromatic N) is 1. The summed E-state index contributed by atoms with van der Waals surface area (Å²) in [5.41, 5.74) is 1.15. The Morgan fingerprint density at radius 3 is 3.00 bits per heavy atom. The van der Waals surface area contributed by atoms with Crippen LogP contribution in [0.2, 0.25) is 0 Å². The lowest BCUT2D eigenvalue weighted by atomic mass is 10.2. The highest BCUT2D eigenvalue weighted by atomic mass is 16.4. The van der Waals surface area contributed by atoms with Crippen LogP contribution >= 0.6 is 0 Å². The molecule has 0 aliphatic carbocycles. The summed E-state index contributed by atoms with van der Waals surface area (Å²) in [5, 5.41) is 19.6. The Hall–Kier alpha value is -2.02. The summed E-state index contributed by atoms with van der Waals surface area (Å²) in [6.45, 7) is -0.144. The zero-order valence-corrected chi connectivity index (χ0v) is 6.82. The molecule has 0 bridgehead atoms. The van der Waals surface area contributed by atoms with Gasteiger partial charge in [0, 0.05) is 5.69 Å². The molecule has 13 heavy (non-hydrogen) atoms. The fraction of sp³-hybridized carbons (Fsp3) is 0.111. The molecular weight excluding hydrogens is 168 g/mol. The minimum absolute atomic E-state index is 0.144. The maximum absolute atomic E-state index is 10.2. The van der Waals surface area contributed by atoms with Crippen molar-refractivity contribution >= 4 is 11.7 Å². The van der Waals surface area contributed by atoms with Crippen LogP contribution in [0.5, 0.6) is 0 Å². The van der Waals surface area contributed by atoms with Crippen LogP contribution in [-0.2, 0) is 4.79 Å². The molecule has 0 heterocycles. The minimum Gasteiger partial charge on any atom is -0.480 e. The quantitative estimate of drug-likeness (QED) is 0.722. The zero-order chi connectivity index (χ0) is 9.68. The van der Waals surface area contributed by atoms with Gasteiger partial charge in [0.1, 0.15) is 6.54 Å². The largest absolute Gasteiger partial charge is 0.480 e. The normalized spacial score (nSPS) is 8.85. The highest BCUT2D eigenvalue weighted by Crippen LogP contribution is 2.08. The Morgan fingerprint density at radius 2 is 2.38 bits per heavy atom. The van der Waals surface area contributed by atoms with Crippen LogP contribution in [0.25, 0.3) is 0 Å². The lowest BCUT2D eigenvalue weighted by Gasteiger charge is -2.02. The lowest BCUT2D eigenvalue weighted by Crippen LogP contribution is -2.12. The van der Waals surface area contributed by atoms with Crippen molar-refractivity contribution < 1.29 is 9.90 Å². The number of nitriles is 1. The predicted molar refractivity (Wildman–Crippen MR) is 47.3 cm³/mol. The van der Waals surface area contributed by atoms with Crippen molar-refractivity contribution in [2.24, 2.45) is 0 Å². The summed E-state index contributed by atoms with van der Waals surface area (Å²) in [5.74, 6) is -0.928. The molecule has 0 saturated heterocycles. The van der Waals surface area contributed by atoms with Gasteiger partial charge in [0.25, 0.3) is 0 Å². The average Bonchev–Trinajstić information content (AvgIpc) is 2.15. The van der Waals surface area contributed by atoms with E-state index >= 15 is 0 Å². The summed E-state index contributed by atoms with van der Waals surface area (Å²) in [7, 11) is 0. The number of anilines is 1. The Morgan fingerprint density at radius 1 is 1.62 bits per heavy atom. The van der Waals surface area contributed by atoms with Crippen LogP contribution in [0.15, 0.2) is 24.3 Å². The molecule has 1 aromatic rings. The highest BCUT2D eigenvalue weighted by molar-refractivity contribution is 5.72. The molecular formula is C9H8N2O2. The highest BCUT2D eigenvalue weighted by Gasteiger charge is 1.97. The van der Waals surface area contributed by atoms with Gasteiger partial charge < -0.3 is 10.4 Å². The fourth-order valence-electron chi connectivity index (χ4n) is 0.876. The molecule has 0 fully saturated rings. The smallest absolute Gasteiger partial charge is 0.322 e. The lowest BCUT2D eigenvalue weighted by molar-refractivity contribution is -0.134. The summed E-state index contributed by atoms with van der Waals surface area (Å²) in [6, 6.07) is 8.64. The van der Waals surface area contributed by atoms with Gasteiger partial charge in [0.2, 0.25) is 0 Å². The van der Waals surface area contributed by atoms with Gasteiger partial charge in [-0.05, 0) is 18.2 Å². The fourth-order valence-corrected chi connectivity index (χ4v) is 0.876. The molecule has 0 spiro atoms. The van der Waals surface area contributed by atoms with Crippen LogP contribution in [0.3, 0.4) is 0 Å². The molecule has 1 aromatic carbocycles. The van der Waals surface area contributed by atoms with E-state index in [1.165, 1.54) is 0 Å². The van der Waals surface area contributed by atoms with Crippen molar-refractivity contribution in [1.82, 2.24) is 0 Å². The number of carboxylic acids is 1.